The molecule has 0 aliphatic rings. The van der Waals surface area contributed by atoms with E-state index in [-0.39, 0.29) is 30.0 Å². The lowest BCUT2D eigenvalue weighted by Gasteiger charge is -2.03. The third kappa shape index (κ3) is 6.62. The van der Waals surface area contributed by atoms with E-state index in [4.69, 9.17) is 0 Å². The number of hydrogen-bond acceptors (Lipinski definition) is 4. The molecule has 6 nitrogen and oxygen atoms in total. The molecule has 0 unspecified atom stereocenters. The quantitative estimate of drug-likeness (QED) is 0.478. The van der Waals surface area contributed by atoms with E-state index in [9.17, 15) is 19.8 Å². The fourth-order valence-corrected chi connectivity index (χ4v) is 1.85. The lowest BCUT2D eigenvalue weighted by atomic mass is 10.2. The minimum atomic E-state index is -0.351. The van der Waals surface area contributed by atoms with Crippen LogP contribution in [0.25, 0.3) is 12.2 Å². The van der Waals surface area contributed by atoms with Crippen LogP contribution in [0.3, 0.4) is 0 Å². The fraction of sp³-hybridized carbons (Fsp3) is 0.0526. The van der Waals surface area contributed by atoms with Gasteiger partial charge in [0.1, 0.15) is 11.5 Å². The number of nitrogens with one attached hydrogen (secondary N) is 2. The van der Waals surface area contributed by atoms with E-state index in [2.05, 4.69) is 10.6 Å². The molecule has 2 aromatic rings. The molecule has 0 saturated heterocycles. The van der Waals surface area contributed by atoms with Gasteiger partial charge in [0.2, 0.25) is 11.8 Å². The van der Waals surface area contributed by atoms with E-state index >= 15 is 0 Å². The second-order valence-electron chi connectivity index (χ2n) is 5.11. The lowest BCUT2D eigenvalue weighted by molar-refractivity contribution is -0.118. The number of phenolic OH excluding ortho intramolecular Hbond substituents is 2. The molecule has 4 N–H and O–H groups in total. The molecule has 0 aromatic heterocycles. The standard InChI is InChI=1S/C19H18N2O4/c22-16-7-1-14(2-8-16)5-11-18(24)20-13-21-19(25)12-6-15-3-9-17(23)10-4-15/h1-12,22-23H,13H2,(H,20,24)(H,21,25)/b11-5+,12-6+. The van der Waals surface area contributed by atoms with Gasteiger partial charge in [-0.25, -0.2) is 0 Å². The molecular formula is C19H18N2O4. The van der Waals surface area contributed by atoms with E-state index in [0.717, 1.165) is 11.1 Å². The molecule has 0 bridgehead atoms. The van der Waals surface area contributed by atoms with Gasteiger partial charge in [0.05, 0.1) is 6.67 Å². The van der Waals surface area contributed by atoms with Gasteiger partial charge in [-0.2, -0.15) is 0 Å². The number of phenols is 2. The molecular weight excluding hydrogens is 320 g/mol. The summed E-state index contributed by atoms with van der Waals surface area (Å²) in [5, 5.41) is 23.4. The van der Waals surface area contributed by atoms with Gasteiger partial charge >= 0.3 is 0 Å². The maximum absolute atomic E-state index is 11.6. The summed E-state index contributed by atoms with van der Waals surface area (Å²) in [4.78, 5) is 23.3. The summed E-state index contributed by atoms with van der Waals surface area (Å²) in [6, 6.07) is 12.8. The number of aromatic hydroxyl groups is 2. The van der Waals surface area contributed by atoms with Crippen molar-refractivity contribution in [2.45, 2.75) is 0 Å². The van der Waals surface area contributed by atoms with E-state index in [1.165, 1.54) is 36.4 Å². The maximum atomic E-state index is 11.6. The second-order valence-corrected chi connectivity index (χ2v) is 5.11. The van der Waals surface area contributed by atoms with Gasteiger partial charge in [0.15, 0.2) is 0 Å². The average Bonchev–Trinajstić information content (AvgIpc) is 2.61. The van der Waals surface area contributed by atoms with E-state index in [0.29, 0.717) is 0 Å². The van der Waals surface area contributed by atoms with Gasteiger partial charge in [0.25, 0.3) is 0 Å². The molecule has 2 amide bonds. The summed E-state index contributed by atoms with van der Waals surface area (Å²) < 4.78 is 0. The van der Waals surface area contributed by atoms with Gasteiger partial charge in [-0.05, 0) is 47.5 Å². The highest BCUT2D eigenvalue weighted by Gasteiger charge is 1.98. The summed E-state index contributed by atoms with van der Waals surface area (Å²) in [6.07, 6.45) is 5.87. The van der Waals surface area contributed by atoms with Crippen molar-refractivity contribution >= 4 is 24.0 Å². The summed E-state index contributed by atoms with van der Waals surface area (Å²) in [5.41, 5.74) is 1.54. The highest BCUT2D eigenvalue weighted by Crippen LogP contribution is 2.11. The molecule has 0 atom stereocenters. The topological polar surface area (TPSA) is 98.7 Å². The molecule has 6 heteroatoms. The number of hydrogen-bond donors (Lipinski definition) is 4. The summed E-state index contributed by atoms with van der Waals surface area (Å²) in [7, 11) is 0. The van der Waals surface area contributed by atoms with E-state index in [1.807, 2.05) is 0 Å². The molecule has 0 spiro atoms. The number of amides is 2. The Morgan fingerprint density at radius 3 is 1.44 bits per heavy atom. The largest absolute Gasteiger partial charge is 0.508 e. The third-order valence-corrected chi connectivity index (χ3v) is 3.17. The zero-order chi connectivity index (χ0) is 18.1. The van der Waals surface area contributed by atoms with Gasteiger partial charge < -0.3 is 20.8 Å². The number of carbonyl (C=O) groups excluding carboxylic acids is 2. The Kier molecular flexibility index (Phi) is 6.36. The van der Waals surface area contributed by atoms with Crippen LogP contribution in [0.5, 0.6) is 11.5 Å². The van der Waals surface area contributed by atoms with Crippen LogP contribution in [0.15, 0.2) is 60.7 Å². The van der Waals surface area contributed by atoms with Crippen LogP contribution in [-0.2, 0) is 9.59 Å². The van der Waals surface area contributed by atoms with Gasteiger partial charge in [-0.15, -0.1) is 0 Å². The van der Waals surface area contributed by atoms with Crippen molar-refractivity contribution in [1.29, 1.82) is 0 Å². The Bertz CT molecular complexity index is 711. The van der Waals surface area contributed by atoms with Crippen molar-refractivity contribution in [2.75, 3.05) is 6.67 Å². The summed E-state index contributed by atoms with van der Waals surface area (Å²) >= 11 is 0. The SMILES string of the molecule is O=C(/C=C/c1ccc(O)cc1)NCNC(=O)/C=C/c1ccc(O)cc1. The van der Waals surface area contributed by atoms with Crippen LogP contribution >= 0.6 is 0 Å². The molecule has 25 heavy (non-hydrogen) atoms. The van der Waals surface area contributed by atoms with Crippen molar-refractivity contribution in [3.63, 3.8) is 0 Å². The highest BCUT2D eigenvalue weighted by molar-refractivity contribution is 5.93. The smallest absolute Gasteiger partial charge is 0.245 e. The van der Waals surface area contributed by atoms with Gasteiger partial charge in [-0.1, -0.05) is 24.3 Å². The number of rotatable bonds is 6. The summed E-state index contributed by atoms with van der Waals surface area (Å²) in [5.74, 6) is -0.388. The van der Waals surface area contributed by atoms with Crippen LogP contribution in [0.2, 0.25) is 0 Å². The number of benzene rings is 2. The molecule has 0 aliphatic carbocycles. The third-order valence-electron chi connectivity index (χ3n) is 3.17. The Hall–Kier alpha value is -3.54. The van der Waals surface area contributed by atoms with Crippen molar-refractivity contribution in [1.82, 2.24) is 10.6 Å². The number of carbonyl (C=O) groups is 2. The lowest BCUT2D eigenvalue weighted by Crippen LogP contribution is -2.35. The van der Waals surface area contributed by atoms with E-state index < -0.39 is 0 Å². The molecule has 2 rings (SSSR count). The monoisotopic (exact) mass is 338 g/mol. The molecule has 0 heterocycles. The van der Waals surface area contributed by atoms with Gasteiger partial charge in [0, 0.05) is 12.2 Å². The van der Waals surface area contributed by atoms with Gasteiger partial charge in [-0.3, -0.25) is 9.59 Å². The Balaban J connectivity index is 1.72. The first kappa shape index (κ1) is 17.8. The minimum absolute atomic E-state index is 0.00248. The van der Waals surface area contributed by atoms with Crippen LogP contribution in [0, 0.1) is 0 Å². The first-order valence-electron chi connectivity index (χ1n) is 7.53. The molecule has 0 aliphatic heterocycles. The minimum Gasteiger partial charge on any atom is -0.508 e. The zero-order valence-corrected chi connectivity index (χ0v) is 13.3. The normalized spacial score (nSPS) is 10.9. The Labute approximate surface area is 145 Å². The first-order chi connectivity index (χ1) is 12.0. The Morgan fingerprint density at radius 2 is 1.08 bits per heavy atom. The molecule has 0 saturated carbocycles. The van der Waals surface area contributed by atoms with Crippen LogP contribution in [-0.4, -0.2) is 28.7 Å². The van der Waals surface area contributed by atoms with Crippen molar-refractivity contribution < 1.29 is 19.8 Å². The van der Waals surface area contributed by atoms with Crippen molar-refractivity contribution in [3.8, 4) is 11.5 Å². The van der Waals surface area contributed by atoms with Crippen LogP contribution in [0.1, 0.15) is 11.1 Å². The first-order valence-corrected chi connectivity index (χ1v) is 7.53. The molecule has 2 aromatic carbocycles. The van der Waals surface area contributed by atoms with Crippen molar-refractivity contribution in [3.05, 3.63) is 71.8 Å². The second kappa shape index (κ2) is 8.93. The predicted molar refractivity (Wildman–Crippen MR) is 95.4 cm³/mol. The molecule has 0 radical (unpaired) electrons. The zero-order valence-electron chi connectivity index (χ0n) is 13.3. The van der Waals surface area contributed by atoms with Crippen LogP contribution < -0.4 is 10.6 Å². The molecule has 128 valence electrons. The van der Waals surface area contributed by atoms with Crippen LogP contribution in [0.4, 0.5) is 0 Å². The van der Waals surface area contributed by atoms with E-state index in [1.54, 1.807) is 36.4 Å². The predicted octanol–water partition coefficient (Wildman–Crippen LogP) is 2.01. The average molecular weight is 338 g/mol. The summed E-state index contributed by atoms with van der Waals surface area (Å²) in [6.45, 7) is -0.00248. The van der Waals surface area contributed by atoms with Crippen molar-refractivity contribution in [2.24, 2.45) is 0 Å². The maximum Gasteiger partial charge on any atom is 0.245 e. The Morgan fingerprint density at radius 1 is 0.720 bits per heavy atom. The fourth-order valence-electron chi connectivity index (χ4n) is 1.85. The highest BCUT2D eigenvalue weighted by atomic mass is 16.3. The molecule has 0 fully saturated rings.